The molecule has 1 N–H and O–H groups in total. The molecular formula is C19H28N4O3. The molecule has 3 heterocycles. The average Bonchev–Trinajstić information content (AvgIpc) is 2.95. The fraction of sp³-hybridized carbons (Fsp3) is 0.632. The van der Waals surface area contributed by atoms with Gasteiger partial charge in [-0.15, -0.1) is 0 Å². The van der Waals surface area contributed by atoms with E-state index in [0.717, 1.165) is 64.3 Å². The third-order valence-electron chi connectivity index (χ3n) is 5.08. The van der Waals surface area contributed by atoms with Gasteiger partial charge < -0.3 is 19.9 Å². The van der Waals surface area contributed by atoms with E-state index in [1.807, 2.05) is 11.0 Å². The number of aromatic nitrogens is 1. The van der Waals surface area contributed by atoms with Crippen molar-refractivity contribution in [2.45, 2.75) is 26.2 Å². The van der Waals surface area contributed by atoms with Crippen molar-refractivity contribution in [3.8, 4) is 0 Å². The number of carbonyl (C=O) groups is 2. The Labute approximate surface area is 154 Å². The Bertz CT molecular complexity index is 614. The van der Waals surface area contributed by atoms with Gasteiger partial charge in [0.15, 0.2) is 0 Å². The van der Waals surface area contributed by atoms with E-state index in [-0.39, 0.29) is 11.9 Å². The number of hydrogen-bond donors (Lipinski definition) is 1. The average molecular weight is 360 g/mol. The quantitative estimate of drug-likeness (QED) is 0.816. The summed E-state index contributed by atoms with van der Waals surface area (Å²) in [5, 5.41) is 3.31. The van der Waals surface area contributed by atoms with Gasteiger partial charge in [-0.3, -0.25) is 4.79 Å². The van der Waals surface area contributed by atoms with Crippen LogP contribution in [0, 0.1) is 5.92 Å². The molecule has 1 aromatic heterocycles. The van der Waals surface area contributed by atoms with E-state index in [9.17, 15) is 9.59 Å². The molecule has 26 heavy (non-hydrogen) atoms. The summed E-state index contributed by atoms with van der Waals surface area (Å²) in [6.45, 7) is 7.18. The summed E-state index contributed by atoms with van der Waals surface area (Å²) in [4.78, 5) is 33.1. The zero-order chi connectivity index (χ0) is 18.4. The van der Waals surface area contributed by atoms with Crippen LogP contribution in [-0.2, 0) is 9.53 Å². The highest BCUT2D eigenvalue weighted by molar-refractivity contribution is 5.89. The highest BCUT2D eigenvalue weighted by Crippen LogP contribution is 2.19. The summed E-state index contributed by atoms with van der Waals surface area (Å²) >= 11 is 0. The molecule has 0 bridgehead atoms. The SMILES string of the molecule is CCOC(=O)c1ccc(N2CCCN(C(=O)C3CCNCC3)CC2)nc1. The van der Waals surface area contributed by atoms with Crippen molar-refractivity contribution in [1.82, 2.24) is 15.2 Å². The van der Waals surface area contributed by atoms with Gasteiger partial charge in [-0.2, -0.15) is 0 Å². The second kappa shape index (κ2) is 8.98. The van der Waals surface area contributed by atoms with E-state index in [2.05, 4.69) is 15.2 Å². The Hall–Kier alpha value is -2.15. The minimum absolute atomic E-state index is 0.171. The molecule has 3 rings (SSSR count). The van der Waals surface area contributed by atoms with Crippen LogP contribution in [0.4, 0.5) is 5.82 Å². The summed E-state index contributed by atoms with van der Waals surface area (Å²) in [5.41, 5.74) is 0.466. The van der Waals surface area contributed by atoms with Gasteiger partial charge in [0.05, 0.1) is 12.2 Å². The van der Waals surface area contributed by atoms with Gasteiger partial charge in [0.25, 0.3) is 0 Å². The van der Waals surface area contributed by atoms with Crippen molar-refractivity contribution in [2.75, 3.05) is 50.8 Å². The topological polar surface area (TPSA) is 74.8 Å². The van der Waals surface area contributed by atoms with Crippen LogP contribution in [-0.4, -0.2) is 67.6 Å². The van der Waals surface area contributed by atoms with Crippen LogP contribution < -0.4 is 10.2 Å². The van der Waals surface area contributed by atoms with Crippen molar-refractivity contribution in [2.24, 2.45) is 5.92 Å². The first kappa shape index (κ1) is 18.6. The lowest BCUT2D eigenvalue weighted by Crippen LogP contribution is -2.42. The molecule has 0 saturated carbocycles. The molecule has 0 aromatic carbocycles. The Balaban J connectivity index is 1.58. The number of anilines is 1. The summed E-state index contributed by atoms with van der Waals surface area (Å²) in [7, 11) is 0. The number of ether oxygens (including phenoxy) is 1. The van der Waals surface area contributed by atoms with Gasteiger partial charge in [-0.05, 0) is 51.4 Å². The molecule has 1 aromatic rings. The molecule has 2 aliphatic heterocycles. The second-order valence-electron chi connectivity index (χ2n) is 6.82. The van der Waals surface area contributed by atoms with Crippen LogP contribution in [0.2, 0.25) is 0 Å². The van der Waals surface area contributed by atoms with Gasteiger partial charge in [0.1, 0.15) is 5.82 Å². The Kier molecular flexibility index (Phi) is 6.44. The molecule has 2 saturated heterocycles. The van der Waals surface area contributed by atoms with Crippen LogP contribution >= 0.6 is 0 Å². The summed E-state index contributed by atoms with van der Waals surface area (Å²) in [6.07, 6.45) is 4.38. The van der Waals surface area contributed by atoms with Crippen LogP contribution in [0.1, 0.15) is 36.5 Å². The molecular weight excluding hydrogens is 332 g/mol. The predicted octanol–water partition coefficient (Wildman–Crippen LogP) is 1.30. The van der Waals surface area contributed by atoms with Crippen LogP contribution in [0.15, 0.2) is 18.3 Å². The first-order valence-corrected chi connectivity index (χ1v) is 9.56. The van der Waals surface area contributed by atoms with Crippen molar-refractivity contribution in [1.29, 1.82) is 0 Å². The minimum Gasteiger partial charge on any atom is -0.462 e. The van der Waals surface area contributed by atoms with Crippen LogP contribution in [0.3, 0.4) is 0 Å². The number of hydrogen-bond acceptors (Lipinski definition) is 6. The van der Waals surface area contributed by atoms with Gasteiger partial charge in [0, 0.05) is 38.3 Å². The molecule has 2 aliphatic rings. The van der Waals surface area contributed by atoms with E-state index < -0.39 is 0 Å². The molecule has 142 valence electrons. The Morgan fingerprint density at radius 2 is 2.00 bits per heavy atom. The highest BCUT2D eigenvalue weighted by Gasteiger charge is 2.27. The molecule has 0 unspecified atom stereocenters. The predicted molar refractivity (Wildman–Crippen MR) is 99.2 cm³/mol. The number of carbonyl (C=O) groups excluding carboxylic acids is 2. The maximum absolute atomic E-state index is 12.7. The minimum atomic E-state index is -0.346. The van der Waals surface area contributed by atoms with E-state index in [4.69, 9.17) is 4.74 Å². The Morgan fingerprint density at radius 1 is 1.19 bits per heavy atom. The first-order valence-electron chi connectivity index (χ1n) is 9.56. The molecule has 2 fully saturated rings. The maximum atomic E-state index is 12.7. The molecule has 7 heteroatoms. The van der Waals surface area contributed by atoms with E-state index >= 15 is 0 Å². The van der Waals surface area contributed by atoms with Crippen molar-refractivity contribution < 1.29 is 14.3 Å². The number of esters is 1. The third kappa shape index (κ3) is 4.52. The van der Waals surface area contributed by atoms with Crippen molar-refractivity contribution in [3.63, 3.8) is 0 Å². The standard InChI is InChI=1S/C19H28N4O3/c1-2-26-19(25)16-4-5-17(21-14-16)22-10-3-11-23(13-12-22)18(24)15-6-8-20-9-7-15/h4-5,14-15,20H,2-3,6-13H2,1H3. The number of pyridine rings is 1. The zero-order valence-electron chi connectivity index (χ0n) is 15.4. The second-order valence-corrected chi connectivity index (χ2v) is 6.82. The van der Waals surface area contributed by atoms with Crippen LogP contribution in [0.5, 0.6) is 0 Å². The lowest BCUT2D eigenvalue weighted by Gasteiger charge is -2.29. The lowest BCUT2D eigenvalue weighted by atomic mass is 9.96. The van der Waals surface area contributed by atoms with E-state index in [1.165, 1.54) is 0 Å². The highest BCUT2D eigenvalue weighted by atomic mass is 16.5. The molecule has 0 aliphatic carbocycles. The summed E-state index contributed by atoms with van der Waals surface area (Å²) in [5.74, 6) is 0.971. The number of rotatable bonds is 4. The molecule has 0 atom stereocenters. The normalized spacial score (nSPS) is 19.1. The van der Waals surface area contributed by atoms with Gasteiger partial charge in [-0.1, -0.05) is 0 Å². The largest absolute Gasteiger partial charge is 0.462 e. The molecule has 1 amide bonds. The summed E-state index contributed by atoms with van der Waals surface area (Å²) < 4.78 is 4.99. The monoisotopic (exact) mass is 360 g/mol. The molecule has 0 radical (unpaired) electrons. The number of amides is 1. The van der Waals surface area contributed by atoms with Gasteiger partial charge >= 0.3 is 5.97 Å². The Morgan fingerprint density at radius 3 is 2.69 bits per heavy atom. The van der Waals surface area contributed by atoms with E-state index in [0.29, 0.717) is 18.1 Å². The smallest absolute Gasteiger partial charge is 0.339 e. The summed E-state index contributed by atoms with van der Waals surface area (Å²) in [6, 6.07) is 3.61. The van der Waals surface area contributed by atoms with Gasteiger partial charge in [-0.25, -0.2) is 9.78 Å². The number of nitrogens with zero attached hydrogens (tertiary/aromatic N) is 3. The van der Waals surface area contributed by atoms with Crippen molar-refractivity contribution in [3.05, 3.63) is 23.9 Å². The third-order valence-corrected chi connectivity index (χ3v) is 5.08. The lowest BCUT2D eigenvalue weighted by molar-refractivity contribution is -0.136. The fourth-order valence-corrected chi connectivity index (χ4v) is 3.60. The number of nitrogens with one attached hydrogen (secondary N) is 1. The molecule has 0 spiro atoms. The van der Waals surface area contributed by atoms with E-state index in [1.54, 1.807) is 19.2 Å². The zero-order valence-corrected chi connectivity index (χ0v) is 15.4. The van der Waals surface area contributed by atoms with Gasteiger partial charge in [0.2, 0.25) is 5.91 Å². The van der Waals surface area contributed by atoms with Crippen LogP contribution in [0.25, 0.3) is 0 Å². The maximum Gasteiger partial charge on any atom is 0.339 e. The first-order chi connectivity index (χ1) is 12.7. The molecule has 7 nitrogen and oxygen atoms in total. The number of piperidine rings is 1. The fourth-order valence-electron chi connectivity index (χ4n) is 3.60. The van der Waals surface area contributed by atoms with Crippen molar-refractivity contribution >= 4 is 17.7 Å².